The van der Waals surface area contributed by atoms with Crippen molar-refractivity contribution in [2.45, 2.75) is 6.42 Å². The van der Waals surface area contributed by atoms with Crippen LogP contribution in [0.5, 0.6) is 0 Å². The molecule has 3 aromatic rings. The highest BCUT2D eigenvalue weighted by atomic mass is 35.5. The van der Waals surface area contributed by atoms with Crippen LogP contribution in [0.25, 0.3) is 11.0 Å². The first-order valence-corrected chi connectivity index (χ1v) is 8.37. The van der Waals surface area contributed by atoms with Gasteiger partial charge in [-0.2, -0.15) is 0 Å². The lowest BCUT2D eigenvalue weighted by Crippen LogP contribution is -2.35. The summed E-state index contributed by atoms with van der Waals surface area (Å²) in [5.41, 5.74) is 1.16. The monoisotopic (exact) mass is 374 g/mol. The molecule has 134 valence electrons. The second-order valence-electron chi connectivity index (χ2n) is 5.71. The number of carbonyl (C=O) groups excluding carboxylic acids is 2. The van der Waals surface area contributed by atoms with Gasteiger partial charge in [-0.15, -0.1) is 0 Å². The third kappa shape index (κ3) is 4.61. The molecule has 1 aromatic heterocycles. The van der Waals surface area contributed by atoms with Crippen molar-refractivity contribution in [1.29, 1.82) is 0 Å². The van der Waals surface area contributed by atoms with E-state index >= 15 is 0 Å². The van der Waals surface area contributed by atoms with Gasteiger partial charge < -0.3 is 15.1 Å². The lowest BCUT2D eigenvalue weighted by atomic mass is 10.1. The number of nitrogens with one attached hydrogen (secondary N) is 2. The minimum atomic E-state index is -0.380. The number of hydrogen-bond acceptors (Lipinski definition) is 3. The van der Waals surface area contributed by atoms with Gasteiger partial charge in [0.1, 0.15) is 11.4 Å². The molecule has 1 heterocycles. The fourth-order valence-corrected chi connectivity index (χ4v) is 2.67. The van der Waals surface area contributed by atoms with Gasteiger partial charge in [0.25, 0.3) is 5.91 Å². The fourth-order valence-electron chi connectivity index (χ4n) is 2.49. The minimum Gasteiger partial charge on any atom is -0.451 e. The maximum Gasteiger partial charge on any atom is 0.287 e. The quantitative estimate of drug-likeness (QED) is 0.650. The predicted octanol–water partition coefficient (Wildman–Crippen LogP) is 3.31. The average Bonchev–Trinajstić information content (AvgIpc) is 3.01. The van der Waals surface area contributed by atoms with E-state index in [1.54, 1.807) is 36.4 Å². The molecule has 5 nitrogen and oxygen atoms in total. The molecule has 2 amide bonds. The van der Waals surface area contributed by atoms with Gasteiger partial charge in [0.05, 0.1) is 6.42 Å². The molecule has 0 spiro atoms. The summed E-state index contributed by atoms with van der Waals surface area (Å²) in [5.74, 6) is -0.831. The van der Waals surface area contributed by atoms with Crippen LogP contribution in [-0.2, 0) is 11.2 Å². The summed E-state index contributed by atoms with van der Waals surface area (Å²) in [5, 5.41) is 6.63. The summed E-state index contributed by atoms with van der Waals surface area (Å²) in [4.78, 5) is 23.9. The molecule has 26 heavy (non-hydrogen) atoms. The van der Waals surface area contributed by atoms with E-state index in [2.05, 4.69) is 10.6 Å². The number of furan rings is 1. The maximum absolute atomic E-state index is 13.1. The van der Waals surface area contributed by atoms with Gasteiger partial charge in [-0.05, 0) is 42.0 Å². The first-order valence-electron chi connectivity index (χ1n) is 8.00. The molecule has 0 aliphatic heterocycles. The Kier molecular flexibility index (Phi) is 5.53. The van der Waals surface area contributed by atoms with E-state index in [4.69, 9.17) is 16.0 Å². The Labute approximate surface area is 154 Å². The molecular weight excluding hydrogens is 359 g/mol. The zero-order valence-corrected chi connectivity index (χ0v) is 14.5. The molecule has 7 heteroatoms. The predicted molar refractivity (Wildman–Crippen MR) is 96.7 cm³/mol. The van der Waals surface area contributed by atoms with Crippen LogP contribution in [0.3, 0.4) is 0 Å². The third-order valence-electron chi connectivity index (χ3n) is 3.69. The van der Waals surface area contributed by atoms with Crippen LogP contribution < -0.4 is 10.6 Å². The summed E-state index contributed by atoms with van der Waals surface area (Å²) < 4.78 is 18.5. The maximum atomic E-state index is 13.1. The third-order valence-corrected chi connectivity index (χ3v) is 3.92. The number of halogens is 2. The Morgan fingerprint density at radius 1 is 1.04 bits per heavy atom. The van der Waals surface area contributed by atoms with E-state index in [0.29, 0.717) is 16.2 Å². The van der Waals surface area contributed by atoms with Crippen molar-refractivity contribution in [2.24, 2.45) is 0 Å². The lowest BCUT2D eigenvalue weighted by Gasteiger charge is -2.06. The van der Waals surface area contributed by atoms with Crippen molar-refractivity contribution < 1.29 is 18.4 Å². The Morgan fingerprint density at radius 2 is 1.85 bits per heavy atom. The van der Waals surface area contributed by atoms with Crippen molar-refractivity contribution in [3.05, 3.63) is 70.7 Å². The standard InChI is InChI=1S/C19H16ClFN2O3/c20-14-4-5-16-13(10-14)11-17(26-16)19(25)23-7-6-22-18(24)9-12-2-1-3-15(21)8-12/h1-5,8,10-11H,6-7,9H2,(H,22,24)(H,23,25). The van der Waals surface area contributed by atoms with Gasteiger partial charge in [-0.25, -0.2) is 4.39 Å². The van der Waals surface area contributed by atoms with E-state index in [-0.39, 0.29) is 42.9 Å². The highest BCUT2D eigenvalue weighted by Gasteiger charge is 2.12. The Hall–Kier alpha value is -2.86. The minimum absolute atomic E-state index is 0.0794. The van der Waals surface area contributed by atoms with Crippen LogP contribution >= 0.6 is 11.6 Å². The van der Waals surface area contributed by atoms with Crippen LogP contribution in [-0.4, -0.2) is 24.9 Å². The lowest BCUT2D eigenvalue weighted by molar-refractivity contribution is -0.120. The molecule has 0 saturated heterocycles. The number of amides is 2. The van der Waals surface area contributed by atoms with Gasteiger partial charge in [0.15, 0.2) is 5.76 Å². The van der Waals surface area contributed by atoms with Gasteiger partial charge in [0, 0.05) is 23.5 Å². The van der Waals surface area contributed by atoms with Crippen molar-refractivity contribution in [3.63, 3.8) is 0 Å². The van der Waals surface area contributed by atoms with Crippen molar-refractivity contribution in [3.8, 4) is 0 Å². The number of fused-ring (bicyclic) bond motifs is 1. The van der Waals surface area contributed by atoms with Gasteiger partial charge in [-0.1, -0.05) is 23.7 Å². The van der Waals surface area contributed by atoms with E-state index in [1.165, 1.54) is 12.1 Å². The number of rotatable bonds is 6. The van der Waals surface area contributed by atoms with Crippen LogP contribution in [0, 0.1) is 5.82 Å². The highest BCUT2D eigenvalue weighted by Crippen LogP contribution is 2.22. The van der Waals surface area contributed by atoms with Crippen LogP contribution in [0.2, 0.25) is 5.02 Å². The average molecular weight is 375 g/mol. The molecule has 0 radical (unpaired) electrons. The van der Waals surface area contributed by atoms with Crippen LogP contribution in [0.4, 0.5) is 4.39 Å². The van der Waals surface area contributed by atoms with Crippen molar-refractivity contribution >= 4 is 34.4 Å². The Morgan fingerprint density at radius 3 is 2.65 bits per heavy atom. The summed E-state index contributed by atoms with van der Waals surface area (Å²) in [7, 11) is 0. The summed E-state index contributed by atoms with van der Waals surface area (Å²) >= 11 is 5.90. The first kappa shape index (κ1) is 17.9. The van der Waals surface area contributed by atoms with Gasteiger partial charge in [0.2, 0.25) is 5.91 Å². The molecule has 2 aromatic carbocycles. The largest absolute Gasteiger partial charge is 0.451 e. The molecule has 0 unspecified atom stereocenters. The van der Waals surface area contributed by atoms with Crippen LogP contribution in [0.1, 0.15) is 16.1 Å². The molecule has 0 aliphatic rings. The second-order valence-corrected chi connectivity index (χ2v) is 6.14. The first-order chi connectivity index (χ1) is 12.5. The fraction of sp³-hybridized carbons (Fsp3) is 0.158. The smallest absolute Gasteiger partial charge is 0.287 e. The van der Waals surface area contributed by atoms with E-state index in [0.717, 1.165) is 5.39 Å². The zero-order valence-electron chi connectivity index (χ0n) is 13.7. The summed E-state index contributed by atoms with van der Waals surface area (Å²) in [6, 6.07) is 12.6. The highest BCUT2D eigenvalue weighted by molar-refractivity contribution is 6.31. The normalized spacial score (nSPS) is 10.7. The van der Waals surface area contributed by atoms with Gasteiger partial charge >= 0.3 is 0 Å². The van der Waals surface area contributed by atoms with E-state index < -0.39 is 0 Å². The zero-order chi connectivity index (χ0) is 18.5. The van der Waals surface area contributed by atoms with Gasteiger partial charge in [-0.3, -0.25) is 9.59 Å². The van der Waals surface area contributed by atoms with Crippen molar-refractivity contribution in [2.75, 3.05) is 13.1 Å². The Balaban J connectivity index is 1.45. The molecule has 0 aliphatic carbocycles. The Bertz CT molecular complexity index is 955. The molecule has 0 saturated carbocycles. The molecular formula is C19H16ClFN2O3. The topological polar surface area (TPSA) is 71.3 Å². The van der Waals surface area contributed by atoms with E-state index in [1.807, 2.05) is 0 Å². The molecule has 0 fully saturated rings. The molecule has 2 N–H and O–H groups in total. The molecule has 0 atom stereocenters. The van der Waals surface area contributed by atoms with E-state index in [9.17, 15) is 14.0 Å². The van der Waals surface area contributed by atoms with Crippen LogP contribution in [0.15, 0.2) is 52.9 Å². The summed E-state index contributed by atoms with van der Waals surface area (Å²) in [6.45, 7) is 0.497. The second kappa shape index (κ2) is 8.01. The number of carbonyl (C=O) groups is 2. The number of benzene rings is 2. The van der Waals surface area contributed by atoms with Crippen molar-refractivity contribution in [1.82, 2.24) is 10.6 Å². The summed E-state index contributed by atoms with van der Waals surface area (Å²) in [6.07, 6.45) is 0.0794. The molecule has 3 rings (SSSR count). The number of hydrogen-bond donors (Lipinski definition) is 2. The molecule has 0 bridgehead atoms. The SMILES string of the molecule is O=C(Cc1cccc(F)c1)NCCNC(=O)c1cc2cc(Cl)ccc2o1.